The fourth-order valence-corrected chi connectivity index (χ4v) is 11.1. The van der Waals surface area contributed by atoms with Crippen LogP contribution in [-0.4, -0.2) is 47.4 Å². The van der Waals surface area contributed by atoms with Crippen LogP contribution in [0.25, 0.3) is 0 Å². The summed E-state index contributed by atoms with van der Waals surface area (Å²) in [6.07, 6.45) is 83.9. The molecule has 1 amide bonds. The SMILES string of the molecule is CCCCCCCCCCCCCCCCCCCC/C=C/C(O)C(CO)NC(=O)CCCCCCCCC/C=C\CCCCCCCCCCCCCOC(=O)CCCCCCCCCCCCCCCCCCCC. The minimum absolute atomic E-state index is 0.0146. The molecule has 0 aliphatic heterocycles. The normalized spacial score (nSPS) is 12.6. The predicted octanol–water partition coefficient (Wildman–Crippen LogP) is 22.5. The Morgan fingerprint density at radius 1 is 0.351 bits per heavy atom. The molecule has 6 nitrogen and oxygen atoms in total. The van der Waals surface area contributed by atoms with Crippen molar-refractivity contribution in [3.05, 3.63) is 24.3 Å². The standard InChI is InChI=1S/C71H137NO5/c1-3-5-7-9-11-13-15-17-19-21-23-28-31-35-39-43-47-51-55-59-63-69(74)68(67-73)72-70(75)64-60-56-52-48-44-40-36-32-29-26-24-25-27-30-34-38-42-46-50-54-58-62-66-77-71(76)65-61-57-53-49-45-41-37-33-22-20-18-16-14-12-10-8-6-4-2/h26,29,59,63,68-69,73-74H,3-25,27-28,30-58,60-62,64-67H2,1-2H3,(H,72,75)/b29-26-,63-59+. The molecule has 0 aromatic rings. The van der Waals surface area contributed by atoms with E-state index in [1.807, 2.05) is 6.08 Å². The molecule has 0 radical (unpaired) electrons. The lowest BCUT2D eigenvalue weighted by molar-refractivity contribution is -0.143. The highest BCUT2D eigenvalue weighted by Crippen LogP contribution is 2.19. The van der Waals surface area contributed by atoms with Gasteiger partial charge in [0.25, 0.3) is 0 Å². The molecule has 2 unspecified atom stereocenters. The van der Waals surface area contributed by atoms with Crippen molar-refractivity contribution in [3.63, 3.8) is 0 Å². The van der Waals surface area contributed by atoms with Crippen molar-refractivity contribution < 1.29 is 24.5 Å². The van der Waals surface area contributed by atoms with Gasteiger partial charge in [0.05, 0.1) is 25.4 Å². The second-order valence-corrected chi connectivity index (χ2v) is 24.2. The lowest BCUT2D eigenvalue weighted by Gasteiger charge is -2.20. The van der Waals surface area contributed by atoms with Crippen molar-refractivity contribution >= 4 is 11.9 Å². The van der Waals surface area contributed by atoms with Crippen LogP contribution in [0, 0.1) is 0 Å². The summed E-state index contributed by atoms with van der Waals surface area (Å²) in [4.78, 5) is 24.6. The van der Waals surface area contributed by atoms with E-state index in [0.29, 0.717) is 19.4 Å². The molecule has 3 N–H and O–H groups in total. The highest BCUT2D eigenvalue weighted by atomic mass is 16.5. The van der Waals surface area contributed by atoms with Crippen LogP contribution in [0.4, 0.5) is 0 Å². The summed E-state index contributed by atoms with van der Waals surface area (Å²) in [5, 5.41) is 23.2. The molecule has 0 saturated carbocycles. The van der Waals surface area contributed by atoms with Crippen LogP contribution in [-0.2, 0) is 14.3 Å². The number of esters is 1. The van der Waals surface area contributed by atoms with E-state index in [9.17, 15) is 19.8 Å². The number of allylic oxidation sites excluding steroid dienone is 3. The van der Waals surface area contributed by atoms with Crippen molar-refractivity contribution in [2.24, 2.45) is 0 Å². The van der Waals surface area contributed by atoms with Gasteiger partial charge in [-0.3, -0.25) is 9.59 Å². The average molecular weight is 1080 g/mol. The van der Waals surface area contributed by atoms with E-state index in [0.717, 1.165) is 44.9 Å². The monoisotopic (exact) mass is 1080 g/mol. The molecule has 0 aliphatic carbocycles. The van der Waals surface area contributed by atoms with Crippen LogP contribution < -0.4 is 5.32 Å². The van der Waals surface area contributed by atoms with Crippen molar-refractivity contribution in [2.45, 2.75) is 405 Å². The first-order chi connectivity index (χ1) is 38.0. The molecule has 0 bridgehead atoms. The van der Waals surface area contributed by atoms with Crippen molar-refractivity contribution in [1.82, 2.24) is 5.32 Å². The summed E-state index contributed by atoms with van der Waals surface area (Å²) in [6.45, 7) is 4.94. The van der Waals surface area contributed by atoms with Crippen LogP contribution in [0.3, 0.4) is 0 Å². The number of carbonyl (C=O) groups is 2. The Morgan fingerprint density at radius 2 is 0.610 bits per heavy atom. The average Bonchev–Trinajstić information content (AvgIpc) is 3.43. The second-order valence-electron chi connectivity index (χ2n) is 24.2. The molecule has 0 spiro atoms. The fraction of sp³-hybridized carbons (Fsp3) is 0.915. The molecule has 6 heteroatoms. The first-order valence-corrected chi connectivity index (χ1v) is 35.1. The zero-order valence-electron chi connectivity index (χ0n) is 52.2. The van der Waals surface area contributed by atoms with Crippen LogP contribution in [0.5, 0.6) is 0 Å². The van der Waals surface area contributed by atoms with E-state index < -0.39 is 12.1 Å². The smallest absolute Gasteiger partial charge is 0.305 e. The van der Waals surface area contributed by atoms with Crippen LogP contribution in [0.1, 0.15) is 393 Å². The first-order valence-electron chi connectivity index (χ1n) is 35.1. The molecular weight excluding hydrogens is 947 g/mol. The summed E-state index contributed by atoms with van der Waals surface area (Å²) in [6, 6.07) is -0.634. The number of amides is 1. The van der Waals surface area contributed by atoms with Crippen LogP contribution in [0.15, 0.2) is 24.3 Å². The zero-order chi connectivity index (χ0) is 55.7. The van der Waals surface area contributed by atoms with Gasteiger partial charge in [0, 0.05) is 12.8 Å². The summed E-state index contributed by atoms with van der Waals surface area (Å²) in [5.41, 5.74) is 0. The third kappa shape index (κ3) is 63.4. The Morgan fingerprint density at radius 3 is 0.922 bits per heavy atom. The van der Waals surface area contributed by atoms with E-state index in [-0.39, 0.29) is 18.5 Å². The van der Waals surface area contributed by atoms with Crippen molar-refractivity contribution in [2.75, 3.05) is 13.2 Å². The number of hydrogen-bond donors (Lipinski definition) is 3. The van der Waals surface area contributed by atoms with Gasteiger partial charge in [0.15, 0.2) is 0 Å². The maximum Gasteiger partial charge on any atom is 0.305 e. The van der Waals surface area contributed by atoms with Gasteiger partial charge in [0.1, 0.15) is 0 Å². The molecular formula is C71H137NO5. The first kappa shape index (κ1) is 75.3. The Bertz CT molecular complexity index is 1200. The predicted molar refractivity (Wildman–Crippen MR) is 338 cm³/mol. The maximum atomic E-state index is 12.5. The van der Waals surface area contributed by atoms with E-state index in [1.54, 1.807) is 6.08 Å². The van der Waals surface area contributed by atoms with Gasteiger partial charge < -0.3 is 20.3 Å². The Balaban J connectivity index is 3.42. The largest absolute Gasteiger partial charge is 0.466 e. The number of rotatable bonds is 66. The van der Waals surface area contributed by atoms with E-state index in [1.165, 1.54) is 321 Å². The third-order valence-electron chi connectivity index (χ3n) is 16.5. The van der Waals surface area contributed by atoms with Gasteiger partial charge in [-0.1, -0.05) is 346 Å². The maximum absolute atomic E-state index is 12.5. The number of carbonyl (C=O) groups excluding carboxylic acids is 2. The quantitative estimate of drug-likeness (QED) is 0.0320. The van der Waals surface area contributed by atoms with Gasteiger partial charge >= 0.3 is 5.97 Å². The van der Waals surface area contributed by atoms with Crippen molar-refractivity contribution in [3.8, 4) is 0 Å². The second kappa shape index (κ2) is 66.8. The Labute approximate surface area is 481 Å². The summed E-state index contributed by atoms with van der Waals surface area (Å²) in [7, 11) is 0. The molecule has 0 aromatic carbocycles. The van der Waals surface area contributed by atoms with E-state index in [2.05, 4.69) is 31.3 Å². The molecule has 0 aromatic heterocycles. The topological polar surface area (TPSA) is 95.9 Å². The minimum atomic E-state index is -0.850. The molecule has 0 saturated heterocycles. The third-order valence-corrected chi connectivity index (χ3v) is 16.5. The van der Waals surface area contributed by atoms with E-state index >= 15 is 0 Å². The van der Waals surface area contributed by atoms with E-state index in [4.69, 9.17) is 4.74 Å². The van der Waals surface area contributed by atoms with Crippen molar-refractivity contribution in [1.29, 1.82) is 0 Å². The molecule has 2 atom stereocenters. The highest BCUT2D eigenvalue weighted by Gasteiger charge is 2.18. The summed E-state index contributed by atoms with van der Waals surface area (Å²) >= 11 is 0. The van der Waals surface area contributed by atoms with Gasteiger partial charge in [-0.2, -0.15) is 0 Å². The molecule has 456 valence electrons. The van der Waals surface area contributed by atoms with Gasteiger partial charge in [0.2, 0.25) is 5.91 Å². The Kier molecular flexibility index (Phi) is 65.4. The van der Waals surface area contributed by atoms with Crippen LogP contribution in [0.2, 0.25) is 0 Å². The number of aliphatic hydroxyl groups is 2. The summed E-state index contributed by atoms with van der Waals surface area (Å²) < 4.78 is 5.51. The lowest BCUT2D eigenvalue weighted by atomic mass is 10.0. The van der Waals surface area contributed by atoms with Crippen LogP contribution >= 0.6 is 0 Å². The lowest BCUT2D eigenvalue weighted by Crippen LogP contribution is -2.45. The fourth-order valence-electron chi connectivity index (χ4n) is 11.1. The van der Waals surface area contributed by atoms with Gasteiger partial charge in [-0.05, 0) is 57.8 Å². The number of ether oxygens (including phenoxy) is 1. The van der Waals surface area contributed by atoms with Gasteiger partial charge in [-0.15, -0.1) is 0 Å². The van der Waals surface area contributed by atoms with Gasteiger partial charge in [-0.25, -0.2) is 0 Å². The number of unbranched alkanes of at least 4 members (excludes halogenated alkanes) is 53. The molecule has 0 aliphatic rings. The molecule has 77 heavy (non-hydrogen) atoms. The zero-order valence-corrected chi connectivity index (χ0v) is 52.2. The molecule has 0 heterocycles. The minimum Gasteiger partial charge on any atom is -0.466 e. The molecule has 0 fully saturated rings. The number of aliphatic hydroxyl groups excluding tert-OH is 2. The number of nitrogens with one attached hydrogen (secondary N) is 1. The summed E-state index contributed by atoms with van der Waals surface area (Å²) in [5.74, 6) is -0.0566. The highest BCUT2D eigenvalue weighted by molar-refractivity contribution is 5.76. The molecule has 0 rings (SSSR count). The Hall–Kier alpha value is -1.66. The number of hydrogen-bond acceptors (Lipinski definition) is 5.